The van der Waals surface area contributed by atoms with Crippen molar-refractivity contribution in [3.05, 3.63) is 71.8 Å². The summed E-state index contributed by atoms with van der Waals surface area (Å²) < 4.78 is 0. The summed E-state index contributed by atoms with van der Waals surface area (Å²) >= 11 is 0. The highest BCUT2D eigenvalue weighted by molar-refractivity contribution is 5.24. The van der Waals surface area contributed by atoms with Crippen LogP contribution in [-0.4, -0.2) is 0 Å². The number of hydrogen-bond donors (Lipinski definition) is 0. The summed E-state index contributed by atoms with van der Waals surface area (Å²) in [6, 6.07) is 21.7. The van der Waals surface area contributed by atoms with Gasteiger partial charge in [0.25, 0.3) is 0 Å². The quantitative estimate of drug-likeness (QED) is 0.683. The average Bonchev–Trinajstić information content (AvgIpc) is 2.40. The second kappa shape index (κ2) is 6.24. The largest absolute Gasteiger partial charge is 0.0654 e. The Labute approximate surface area is 104 Å². The van der Waals surface area contributed by atoms with E-state index in [1.54, 1.807) is 0 Å². The molecular weight excluding hydrogens is 204 g/mol. The molecule has 0 heterocycles. The van der Waals surface area contributed by atoms with Crippen molar-refractivity contribution in [2.45, 2.75) is 32.1 Å². The molecule has 2 aromatic carbocycles. The van der Waals surface area contributed by atoms with Crippen LogP contribution in [-0.2, 0) is 6.42 Å². The van der Waals surface area contributed by atoms with Gasteiger partial charge in [-0.25, -0.2) is 0 Å². The van der Waals surface area contributed by atoms with Gasteiger partial charge in [0, 0.05) is 0 Å². The highest BCUT2D eigenvalue weighted by Gasteiger charge is 2.10. The van der Waals surface area contributed by atoms with Crippen molar-refractivity contribution in [1.29, 1.82) is 0 Å². The number of hydrogen-bond acceptors (Lipinski definition) is 0. The summed E-state index contributed by atoms with van der Waals surface area (Å²) in [5.41, 5.74) is 2.91. The molecular formula is C17H20. The topological polar surface area (TPSA) is 0 Å². The average molecular weight is 224 g/mol. The Hall–Kier alpha value is -1.56. The van der Waals surface area contributed by atoms with Gasteiger partial charge < -0.3 is 0 Å². The third-order valence-electron chi connectivity index (χ3n) is 3.23. The van der Waals surface area contributed by atoms with E-state index in [2.05, 4.69) is 67.6 Å². The van der Waals surface area contributed by atoms with Crippen molar-refractivity contribution in [1.82, 2.24) is 0 Å². The van der Waals surface area contributed by atoms with Crippen molar-refractivity contribution in [3.8, 4) is 0 Å². The van der Waals surface area contributed by atoms with Gasteiger partial charge in [0.1, 0.15) is 0 Å². The molecule has 2 aromatic rings. The highest BCUT2D eigenvalue weighted by Crippen LogP contribution is 2.25. The lowest BCUT2D eigenvalue weighted by atomic mass is 9.88. The Morgan fingerprint density at radius 3 is 2.00 bits per heavy atom. The van der Waals surface area contributed by atoms with E-state index < -0.39 is 0 Å². The Morgan fingerprint density at radius 1 is 0.824 bits per heavy atom. The van der Waals surface area contributed by atoms with Crippen LogP contribution in [0.2, 0.25) is 0 Å². The zero-order chi connectivity index (χ0) is 11.9. The van der Waals surface area contributed by atoms with E-state index in [1.165, 1.54) is 24.0 Å². The van der Waals surface area contributed by atoms with E-state index in [0.717, 1.165) is 6.42 Å². The molecule has 0 nitrogen and oxygen atoms in total. The third-order valence-corrected chi connectivity index (χ3v) is 3.23. The molecule has 2 rings (SSSR count). The van der Waals surface area contributed by atoms with Gasteiger partial charge in [0.2, 0.25) is 0 Å². The van der Waals surface area contributed by atoms with E-state index in [4.69, 9.17) is 0 Å². The van der Waals surface area contributed by atoms with Gasteiger partial charge in [0.15, 0.2) is 0 Å². The van der Waals surface area contributed by atoms with Gasteiger partial charge in [-0.05, 0) is 29.9 Å². The summed E-state index contributed by atoms with van der Waals surface area (Å²) in [4.78, 5) is 0. The van der Waals surface area contributed by atoms with E-state index in [9.17, 15) is 0 Å². The molecule has 0 heteroatoms. The highest BCUT2D eigenvalue weighted by atomic mass is 14.1. The zero-order valence-electron chi connectivity index (χ0n) is 10.5. The molecule has 0 aliphatic heterocycles. The lowest BCUT2D eigenvalue weighted by Gasteiger charge is -2.16. The standard InChI is InChI=1S/C17H20/c1-2-9-17(16-12-7-4-8-13-16)14-15-10-5-3-6-11-15/h3-8,10-13,17H,2,9,14H2,1H3. The Bertz CT molecular complexity index is 416. The molecule has 0 aliphatic rings. The second-order valence-electron chi connectivity index (χ2n) is 4.59. The van der Waals surface area contributed by atoms with Crippen molar-refractivity contribution in [3.63, 3.8) is 0 Å². The van der Waals surface area contributed by atoms with Crippen molar-refractivity contribution in [2.24, 2.45) is 0 Å². The molecule has 0 aromatic heterocycles. The first-order valence-corrected chi connectivity index (χ1v) is 6.49. The number of benzene rings is 2. The summed E-state index contributed by atoms with van der Waals surface area (Å²) in [6.07, 6.45) is 3.66. The van der Waals surface area contributed by atoms with E-state index in [1.807, 2.05) is 0 Å². The molecule has 0 saturated carbocycles. The first kappa shape index (κ1) is 11.9. The molecule has 0 aliphatic carbocycles. The lowest BCUT2D eigenvalue weighted by Crippen LogP contribution is -2.02. The molecule has 0 saturated heterocycles. The minimum atomic E-state index is 0.656. The monoisotopic (exact) mass is 224 g/mol. The second-order valence-corrected chi connectivity index (χ2v) is 4.59. The first-order valence-electron chi connectivity index (χ1n) is 6.49. The fourth-order valence-corrected chi connectivity index (χ4v) is 2.36. The molecule has 0 bridgehead atoms. The van der Waals surface area contributed by atoms with Gasteiger partial charge >= 0.3 is 0 Å². The van der Waals surface area contributed by atoms with Gasteiger partial charge in [-0.15, -0.1) is 0 Å². The lowest BCUT2D eigenvalue weighted by molar-refractivity contribution is 0.610. The summed E-state index contributed by atoms with van der Waals surface area (Å²) in [6.45, 7) is 2.26. The van der Waals surface area contributed by atoms with Gasteiger partial charge in [-0.3, -0.25) is 0 Å². The van der Waals surface area contributed by atoms with Crippen LogP contribution in [0.5, 0.6) is 0 Å². The Balaban J connectivity index is 2.13. The van der Waals surface area contributed by atoms with Gasteiger partial charge in [-0.2, -0.15) is 0 Å². The molecule has 1 atom stereocenters. The van der Waals surface area contributed by atoms with Crippen LogP contribution < -0.4 is 0 Å². The zero-order valence-corrected chi connectivity index (χ0v) is 10.5. The van der Waals surface area contributed by atoms with Crippen molar-refractivity contribution >= 4 is 0 Å². The summed E-state index contributed by atoms with van der Waals surface area (Å²) in [5, 5.41) is 0. The van der Waals surface area contributed by atoms with Crippen LogP contribution in [0.1, 0.15) is 36.8 Å². The van der Waals surface area contributed by atoms with Crippen LogP contribution in [0.25, 0.3) is 0 Å². The minimum absolute atomic E-state index is 0.656. The first-order chi connectivity index (χ1) is 8.40. The molecule has 0 amide bonds. The third kappa shape index (κ3) is 3.45. The van der Waals surface area contributed by atoms with Crippen molar-refractivity contribution in [2.75, 3.05) is 0 Å². The SMILES string of the molecule is CCCC(Cc1ccccc1)c1ccccc1. The van der Waals surface area contributed by atoms with Crippen LogP contribution in [0, 0.1) is 0 Å². The molecule has 0 N–H and O–H groups in total. The Morgan fingerprint density at radius 2 is 1.41 bits per heavy atom. The summed E-state index contributed by atoms with van der Waals surface area (Å²) in [7, 11) is 0. The molecule has 88 valence electrons. The molecule has 0 radical (unpaired) electrons. The predicted molar refractivity (Wildman–Crippen MR) is 74.2 cm³/mol. The van der Waals surface area contributed by atoms with Gasteiger partial charge in [-0.1, -0.05) is 74.0 Å². The van der Waals surface area contributed by atoms with E-state index >= 15 is 0 Å². The Kier molecular flexibility index (Phi) is 4.37. The maximum Gasteiger partial charge on any atom is -0.0122 e. The molecule has 0 spiro atoms. The van der Waals surface area contributed by atoms with E-state index in [0.29, 0.717) is 5.92 Å². The van der Waals surface area contributed by atoms with Crippen LogP contribution in [0.3, 0.4) is 0 Å². The van der Waals surface area contributed by atoms with Gasteiger partial charge in [0.05, 0.1) is 0 Å². The fourth-order valence-electron chi connectivity index (χ4n) is 2.36. The summed E-state index contributed by atoms with van der Waals surface area (Å²) in [5.74, 6) is 0.656. The molecule has 0 fully saturated rings. The van der Waals surface area contributed by atoms with E-state index in [-0.39, 0.29) is 0 Å². The molecule has 1 unspecified atom stereocenters. The maximum atomic E-state index is 2.26. The smallest absolute Gasteiger partial charge is 0.0122 e. The van der Waals surface area contributed by atoms with Crippen LogP contribution in [0.4, 0.5) is 0 Å². The van der Waals surface area contributed by atoms with Crippen LogP contribution >= 0.6 is 0 Å². The normalized spacial score (nSPS) is 12.3. The molecule has 17 heavy (non-hydrogen) atoms. The van der Waals surface area contributed by atoms with Crippen molar-refractivity contribution < 1.29 is 0 Å². The number of rotatable bonds is 5. The van der Waals surface area contributed by atoms with Crippen LogP contribution in [0.15, 0.2) is 60.7 Å². The predicted octanol–water partition coefficient (Wildman–Crippen LogP) is 4.81. The fraction of sp³-hybridized carbons (Fsp3) is 0.294. The maximum absolute atomic E-state index is 2.26. The minimum Gasteiger partial charge on any atom is -0.0654 e.